The number of hydrogen-bond donors (Lipinski definition) is 1. The molecular formula is C14H18FN3O4. The summed E-state index contributed by atoms with van der Waals surface area (Å²) in [7, 11) is 0. The molecule has 0 unspecified atom stereocenters. The summed E-state index contributed by atoms with van der Waals surface area (Å²) < 4.78 is 26.8. The summed E-state index contributed by atoms with van der Waals surface area (Å²) >= 11 is 0. The third-order valence-electron chi connectivity index (χ3n) is 3.79. The molecule has 1 saturated carbocycles. The summed E-state index contributed by atoms with van der Waals surface area (Å²) in [6.07, 6.45) is 3.50. The van der Waals surface area contributed by atoms with Crippen LogP contribution >= 0.6 is 0 Å². The normalized spacial score (nSPS) is 19.6. The van der Waals surface area contributed by atoms with Crippen LogP contribution in [0.25, 0.3) is 5.70 Å². The summed E-state index contributed by atoms with van der Waals surface area (Å²) in [5.41, 5.74) is -0.680. The van der Waals surface area contributed by atoms with Gasteiger partial charge in [-0.15, -0.1) is 10.0 Å². The highest BCUT2D eigenvalue weighted by Gasteiger charge is 2.51. The second kappa shape index (κ2) is 6.13. The Labute approximate surface area is 126 Å². The number of aromatic nitrogens is 2. The minimum atomic E-state index is -1.56. The van der Waals surface area contributed by atoms with Crippen molar-refractivity contribution < 1.29 is 19.0 Å². The number of rotatable bonds is 7. The molecule has 1 aromatic rings. The van der Waals surface area contributed by atoms with Crippen LogP contribution in [0.15, 0.2) is 11.3 Å². The van der Waals surface area contributed by atoms with Gasteiger partial charge in [-0.1, -0.05) is 0 Å². The molecule has 0 radical (unpaired) electrons. The van der Waals surface area contributed by atoms with Gasteiger partial charge in [-0.3, -0.25) is 0 Å². The zero-order chi connectivity index (χ0) is 15.6. The fourth-order valence-corrected chi connectivity index (χ4v) is 2.47. The van der Waals surface area contributed by atoms with Crippen LogP contribution in [0.1, 0.15) is 31.4 Å². The van der Waals surface area contributed by atoms with Crippen LogP contribution in [0.2, 0.25) is 0 Å². The van der Waals surface area contributed by atoms with E-state index in [4.69, 9.17) is 14.6 Å². The molecule has 2 heterocycles. The van der Waals surface area contributed by atoms with E-state index in [1.54, 1.807) is 0 Å². The van der Waals surface area contributed by atoms with Crippen LogP contribution in [0, 0.1) is 4.91 Å². The standard InChI is InChI=1S/C14H18FN3O4/c15-14(4-5-14)12-11(17-20)13(22-7-1-6-19)16-18(12)10-2-8-21-9-3-10/h2,19H,1,3-9H2. The Kier molecular flexibility index (Phi) is 4.21. The molecule has 1 fully saturated rings. The van der Waals surface area contributed by atoms with Crippen molar-refractivity contribution in [3.8, 4) is 5.88 Å². The Hall–Kier alpha value is -1.80. The van der Waals surface area contributed by atoms with Crippen molar-refractivity contribution in [3.63, 3.8) is 0 Å². The molecule has 8 heteroatoms. The fourth-order valence-electron chi connectivity index (χ4n) is 2.47. The highest BCUT2D eigenvalue weighted by atomic mass is 19.1. The SMILES string of the molecule is O=Nc1c(OCCCO)nn(C2=CCOCC2)c1C1(F)CC1. The van der Waals surface area contributed by atoms with Crippen LogP contribution in [0.3, 0.4) is 0 Å². The average molecular weight is 311 g/mol. The van der Waals surface area contributed by atoms with Gasteiger partial charge in [0.25, 0.3) is 5.88 Å². The van der Waals surface area contributed by atoms with Gasteiger partial charge in [0.2, 0.25) is 0 Å². The van der Waals surface area contributed by atoms with Crippen molar-refractivity contribution >= 4 is 11.4 Å². The number of ether oxygens (including phenoxy) is 2. The highest BCUT2D eigenvalue weighted by molar-refractivity contribution is 5.61. The lowest BCUT2D eigenvalue weighted by molar-refractivity contribution is 0.158. The highest BCUT2D eigenvalue weighted by Crippen LogP contribution is 2.55. The Morgan fingerprint density at radius 2 is 2.36 bits per heavy atom. The van der Waals surface area contributed by atoms with E-state index in [2.05, 4.69) is 10.3 Å². The van der Waals surface area contributed by atoms with Crippen molar-refractivity contribution in [2.45, 2.75) is 31.4 Å². The number of halogens is 1. The maximum Gasteiger partial charge on any atom is 0.263 e. The van der Waals surface area contributed by atoms with E-state index in [0.717, 1.165) is 5.70 Å². The Bertz CT molecular complexity index is 595. The predicted octanol–water partition coefficient (Wildman–Crippen LogP) is 2.26. The first-order valence-corrected chi connectivity index (χ1v) is 7.36. The monoisotopic (exact) mass is 311 g/mol. The van der Waals surface area contributed by atoms with E-state index in [1.165, 1.54) is 4.68 Å². The molecule has 0 amide bonds. The topological polar surface area (TPSA) is 85.9 Å². The smallest absolute Gasteiger partial charge is 0.263 e. The second-order valence-corrected chi connectivity index (χ2v) is 5.42. The molecule has 0 atom stereocenters. The molecule has 3 rings (SSSR count). The molecule has 7 nitrogen and oxygen atoms in total. The van der Waals surface area contributed by atoms with Gasteiger partial charge in [0.05, 0.1) is 19.8 Å². The van der Waals surface area contributed by atoms with Crippen LogP contribution in [-0.2, 0) is 10.4 Å². The molecule has 22 heavy (non-hydrogen) atoms. The van der Waals surface area contributed by atoms with Crippen LogP contribution in [0.5, 0.6) is 5.88 Å². The van der Waals surface area contributed by atoms with Gasteiger partial charge in [0, 0.05) is 25.1 Å². The summed E-state index contributed by atoms with van der Waals surface area (Å²) in [6, 6.07) is 0. The Morgan fingerprint density at radius 3 is 2.95 bits per heavy atom. The van der Waals surface area contributed by atoms with Crippen LogP contribution in [0.4, 0.5) is 10.1 Å². The first-order chi connectivity index (χ1) is 10.7. The zero-order valence-electron chi connectivity index (χ0n) is 12.1. The summed E-state index contributed by atoms with van der Waals surface area (Å²) in [5.74, 6) is 0.0229. The van der Waals surface area contributed by atoms with E-state index in [0.29, 0.717) is 38.9 Å². The van der Waals surface area contributed by atoms with Crippen molar-refractivity contribution in [3.05, 3.63) is 16.7 Å². The lowest BCUT2D eigenvalue weighted by Crippen LogP contribution is -2.15. The van der Waals surface area contributed by atoms with Crippen molar-refractivity contribution in [2.24, 2.45) is 5.18 Å². The molecule has 1 N–H and O–H groups in total. The van der Waals surface area contributed by atoms with E-state index in [-0.39, 0.29) is 30.5 Å². The molecule has 0 bridgehead atoms. The number of aliphatic hydroxyl groups excluding tert-OH is 1. The number of alkyl halides is 1. The van der Waals surface area contributed by atoms with Crippen molar-refractivity contribution in [1.29, 1.82) is 0 Å². The van der Waals surface area contributed by atoms with Gasteiger partial charge in [0.1, 0.15) is 5.69 Å². The molecule has 1 aromatic heterocycles. The lowest BCUT2D eigenvalue weighted by atomic mass is 10.2. The maximum atomic E-state index is 14.7. The van der Waals surface area contributed by atoms with Crippen molar-refractivity contribution in [2.75, 3.05) is 26.4 Å². The maximum absolute atomic E-state index is 14.7. The largest absolute Gasteiger partial charge is 0.475 e. The first kappa shape index (κ1) is 15.1. The Balaban J connectivity index is 2.00. The number of aliphatic hydroxyl groups is 1. The van der Waals surface area contributed by atoms with Gasteiger partial charge in [-0.2, -0.15) is 0 Å². The summed E-state index contributed by atoms with van der Waals surface area (Å²) in [5, 5.41) is 16.0. The predicted molar refractivity (Wildman–Crippen MR) is 76.6 cm³/mol. The minimum absolute atomic E-state index is 0.0229. The van der Waals surface area contributed by atoms with Gasteiger partial charge in [0.15, 0.2) is 11.4 Å². The molecule has 0 saturated heterocycles. The van der Waals surface area contributed by atoms with E-state index < -0.39 is 5.67 Å². The first-order valence-electron chi connectivity index (χ1n) is 7.36. The van der Waals surface area contributed by atoms with E-state index in [9.17, 15) is 9.30 Å². The van der Waals surface area contributed by atoms with Crippen LogP contribution in [-0.4, -0.2) is 41.3 Å². The molecule has 0 aromatic carbocycles. The number of hydrogen-bond acceptors (Lipinski definition) is 6. The molecule has 1 aliphatic carbocycles. The fraction of sp³-hybridized carbons (Fsp3) is 0.643. The molecular weight excluding hydrogens is 293 g/mol. The van der Waals surface area contributed by atoms with Gasteiger partial charge in [-0.25, -0.2) is 9.07 Å². The Morgan fingerprint density at radius 1 is 1.55 bits per heavy atom. The van der Waals surface area contributed by atoms with E-state index in [1.807, 2.05) is 6.08 Å². The quantitative estimate of drug-likeness (QED) is 0.616. The number of nitroso groups, excluding NO2 is 1. The van der Waals surface area contributed by atoms with Gasteiger partial charge in [-0.05, 0) is 24.1 Å². The summed E-state index contributed by atoms with van der Waals surface area (Å²) in [6.45, 7) is 1.11. The molecule has 0 spiro atoms. The molecule has 2 aliphatic rings. The average Bonchev–Trinajstić information content (AvgIpc) is 3.17. The minimum Gasteiger partial charge on any atom is -0.475 e. The summed E-state index contributed by atoms with van der Waals surface area (Å²) in [4.78, 5) is 11.2. The third-order valence-corrected chi connectivity index (χ3v) is 3.79. The van der Waals surface area contributed by atoms with Gasteiger partial charge >= 0.3 is 0 Å². The van der Waals surface area contributed by atoms with Gasteiger partial charge < -0.3 is 14.6 Å². The van der Waals surface area contributed by atoms with Crippen molar-refractivity contribution in [1.82, 2.24) is 9.78 Å². The van der Waals surface area contributed by atoms with Crippen LogP contribution < -0.4 is 4.74 Å². The number of nitrogens with zero attached hydrogens (tertiary/aromatic N) is 3. The second-order valence-electron chi connectivity index (χ2n) is 5.42. The molecule has 1 aliphatic heterocycles. The molecule has 120 valence electrons. The lowest BCUT2D eigenvalue weighted by Gasteiger charge is -2.16. The van der Waals surface area contributed by atoms with E-state index >= 15 is 0 Å². The zero-order valence-corrected chi connectivity index (χ0v) is 12.1. The third kappa shape index (κ3) is 2.76.